The summed E-state index contributed by atoms with van der Waals surface area (Å²) < 4.78 is 38.8. The zero-order valence-corrected chi connectivity index (χ0v) is 16.4. The van der Waals surface area contributed by atoms with Crippen molar-refractivity contribution < 1.29 is 22.8 Å². The SMILES string of the molecule is O=C(c1cccs1)N1CC(C(=O)N2CCN(c3cccc(C(F)(F)F)c3)CC2)C1. The molecule has 29 heavy (non-hydrogen) atoms. The summed E-state index contributed by atoms with van der Waals surface area (Å²) in [5.74, 6) is -0.221. The molecule has 0 saturated carbocycles. The molecule has 2 aliphatic rings. The molecule has 0 radical (unpaired) electrons. The van der Waals surface area contributed by atoms with E-state index in [1.165, 1.54) is 17.4 Å². The lowest BCUT2D eigenvalue weighted by molar-refractivity contribution is -0.140. The molecule has 2 aliphatic heterocycles. The summed E-state index contributed by atoms with van der Waals surface area (Å²) in [6, 6.07) is 8.87. The van der Waals surface area contributed by atoms with Crippen LogP contribution in [0, 0.1) is 5.92 Å². The van der Waals surface area contributed by atoms with Crippen LogP contribution in [0.1, 0.15) is 15.2 Å². The highest BCUT2D eigenvalue weighted by Crippen LogP contribution is 2.32. The van der Waals surface area contributed by atoms with Gasteiger partial charge in [-0.25, -0.2) is 0 Å². The smallest absolute Gasteiger partial charge is 0.368 e. The molecular weight excluding hydrogens is 403 g/mol. The number of likely N-dealkylation sites (tertiary alicyclic amines) is 1. The summed E-state index contributed by atoms with van der Waals surface area (Å²) in [4.78, 5) is 30.9. The number of carbonyl (C=O) groups is 2. The number of anilines is 1. The number of nitrogens with zero attached hydrogens (tertiary/aromatic N) is 3. The molecule has 0 aliphatic carbocycles. The zero-order valence-electron chi connectivity index (χ0n) is 15.6. The lowest BCUT2D eigenvalue weighted by atomic mass is 9.97. The average molecular weight is 423 g/mol. The molecule has 4 rings (SSSR count). The number of carbonyl (C=O) groups excluding carboxylic acids is 2. The number of benzene rings is 1. The Labute approximate surface area is 170 Å². The summed E-state index contributed by atoms with van der Waals surface area (Å²) in [7, 11) is 0. The minimum absolute atomic E-state index is 0.0175. The maximum atomic E-state index is 12.9. The predicted molar refractivity (Wildman–Crippen MR) is 104 cm³/mol. The van der Waals surface area contributed by atoms with Gasteiger partial charge in [-0.1, -0.05) is 12.1 Å². The van der Waals surface area contributed by atoms with Gasteiger partial charge in [-0.2, -0.15) is 13.2 Å². The first-order valence-corrected chi connectivity index (χ1v) is 10.2. The fraction of sp³-hybridized carbons (Fsp3) is 0.400. The highest BCUT2D eigenvalue weighted by atomic mass is 32.1. The maximum absolute atomic E-state index is 12.9. The van der Waals surface area contributed by atoms with Crippen molar-refractivity contribution in [3.05, 3.63) is 52.2 Å². The van der Waals surface area contributed by atoms with Crippen LogP contribution in [0.25, 0.3) is 0 Å². The van der Waals surface area contributed by atoms with E-state index >= 15 is 0 Å². The highest BCUT2D eigenvalue weighted by Gasteiger charge is 2.39. The van der Waals surface area contributed by atoms with Gasteiger partial charge >= 0.3 is 6.18 Å². The van der Waals surface area contributed by atoms with Crippen molar-refractivity contribution in [1.29, 1.82) is 0 Å². The van der Waals surface area contributed by atoms with Crippen molar-refractivity contribution in [3.8, 4) is 0 Å². The molecule has 1 aromatic heterocycles. The largest absolute Gasteiger partial charge is 0.416 e. The van der Waals surface area contributed by atoms with Gasteiger partial charge in [0.15, 0.2) is 0 Å². The van der Waals surface area contributed by atoms with E-state index in [1.54, 1.807) is 21.9 Å². The van der Waals surface area contributed by atoms with Gasteiger partial charge in [0.25, 0.3) is 5.91 Å². The molecule has 2 amide bonds. The second-order valence-corrected chi connectivity index (χ2v) is 8.19. The summed E-state index contributed by atoms with van der Waals surface area (Å²) in [5.41, 5.74) is -0.151. The second-order valence-electron chi connectivity index (χ2n) is 7.24. The first kappa shape index (κ1) is 19.8. The Morgan fingerprint density at radius 3 is 2.31 bits per heavy atom. The van der Waals surface area contributed by atoms with E-state index in [-0.39, 0.29) is 17.7 Å². The first-order valence-electron chi connectivity index (χ1n) is 9.37. The minimum Gasteiger partial charge on any atom is -0.368 e. The highest BCUT2D eigenvalue weighted by molar-refractivity contribution is 7.12. The van der Waals surface area contributed by atoms with E-state index in [0.29, 0.717) is 49.8 Å². The maximum Gasteiger partial charge on any atom is 0.416 e. The van der Waals surface area contributed by atoms with Crippen LogP contribution >= 0.6 is 11.3 Å². The van der Waals surface area contributed by atoms with Gasteiger partial charge in [0.1, 0.15) is 0 Å². The summed E-state index contributed by atoms with van der Waals surface area (Å²) in [6.45, 7) is 2.73. The number of halogens is 3. The zero-order chi connectivity index (χ0) is 20.6. The molecule has 0 unspecified atom stereocenters. The van der Waals surface area contributed by atoms with E-state index < -0.39 is 11.7 Å². The van der Waals surface area contributed by atoms with Crippen LogP contribution in [0.2, 0.25) is 0 Å². The Morgan fingerprint density at radius 2 is 1.69 bits per heavy atom. The van der Waals surface area contributed by atoms with Gasteiger partial charge < -0.3 is 14.7 Å². The predicted octanol–water partition coefficient (Wildman–Crippen LogP) is 3.19. The molecule has 2 saturated heterocycles. The van der Waals surface area contributed by atoms with Gasteiger partial charge in [0.05, 0.1) is 16.4 Å². The van der Waals surface area contributed by atoms with E-state index in [2.05, 4.69) is 0 Å². The first-order chi connectivity index (χ1) is 13.8. The monoisotopic (exact) mass is 423 g/mol. The Bertz CT molecular complexity index is 887. The molecule has 3 heterocycles. The van der Waals surface area contributed by atoms with E-state index in [4.69, 9.17) is 0 Å². The topological polar surface area (TPSA) is 43.9 Å². The van der Waals surface area contributed by atoms with Crippen molar-refractivity contribution in [3.63, 3.8) is 0 Å². The number of hydrogen-bond donors (Lipinski definition) is 0. The molecule has 5 nitrogen and oxygen atoms in total. The van der Waals surface area contributed by atoms with Crippen LogP contribution in [0.4, 0.5) is 18.9 Å². The van der Waals surface area contributed by atoms with Crippen molar-refractivity contribution in [1.82, 2.24) is 9.80 Å². The van der Waals surface area contributed by atoms with Crippen LogP contribution in [-0.2, 0) is 11.0 Å². The second kappa shape index (κ2) is 7.70. The minimum atomic E-state index is -4.37. The molecule has 0 bridgehead atoms. The molecule has 2 fully saturated rings. The lowest BCUT2D eigenvalue weighted by Gasteiger charge is -2.43. The van der Waals surface area contributed by atoms with Crippen LogP contribution in [-0.4, -0.2) is 60.9 Å². The number of alkyl halides is 3. The van der Waals surface area contributed by atoms with Crippen LogP contribution in [0.15, 0.2) is 41.8 Å². The molecule has 2 aromatic rings. The molecular formula is C20H20F3N3O2S. The number of rotatable bonds is 3. The quantitative estimate of drug-likeness (QED) is 0.762. The number of hydrogen-bond acceptors (Lipinski definition) is 4. The summed E-state index contributed by atoms with van der Waals surface area (Å²) >= 11 is 1.38. The fourth-order valence-corrected chi connectivity index (χ4v) is 4.37. The number of thiophene rings is 1. The molecule has 0 atom stereocenters. The van der Waals surface area contributed by atoms with Crippen LogP contribution in [0.5, 0.6) is 0 Å². The van der Waals surface area contributed by atoms with Crippen molar-refractivity contribution in [2.75, 3.05) is 44.2 Å². The van der Waals surface area contributed by atoms with Crippen LogP contribution in [0.3, 0.4) is 0 Å². The normalized spacial score (nSPS) is 18.0. The van der Waals surface area contributed by atoms with Gasteiger partial charge in [0, 0.05) is 45.0 Å². The standard InChI is InChI=1S/C20H20F3N3O2S/c21-20(22,23)15-3-1-4-16(11-15)24-6-8-25(9-7-24)18(27)14-12-26(13-14)19(28)17-5-2-10-29-17/h1-5,10-11,14H,6-9,12-13H2. The van der Waals surface area contributed by atoms with E-state index in [9.17, 15) is 22.8 Å². The van der Waals surface area contributed by atoms with E-state index in [0.717, 1.165) is 12.1 Å². The third kappa shape index (κ3) is 4.10. The molecule has 0 spiro atoms. The number of amides is 2. The summed E-state index contributed by atoms with van der Waals surface area (Å²) in [6.07, 6.45) is -4.37. The Hall–Kier alpha value is -2.55. The van der Waals surface area contributed by atoms with Crippen molar-refractivity contribution in [2.45, 2.75) is 6.18 Å². The van der Waals surface area contributed by atoms with Gasteiger partial charge in [0.2, 0.25) is 5.91 Å². The van der Waals surface area contributed by atoms with Gasteiger partial charge in [-0.05, 0) is 29.6 Å². The van der Waals surface area contributed by atoms with E-state index in [1.807, 2.05) is 16.3 Å². The third-order valence-corrected chi connectivity index (χ3v) is 6.24. The molecule has 1 aromatic carbocycles. The average Bonchev–Trinajstić information content (AvgIpc) is 3.21. The Balaban J connectivity index is 1.29. The summed E-state index contributed by atoms with van der Waals surface area (Å²) in [5, 5.41) is 1.85. The van der Waals surface area contributed by atoms with Gasteiger partial charge in [-0.15, -0.1) is 11.3 Å². The molecule has 9 heteroatoms. The van der Waals surface area contributed by atoms with Gasteiger partial charge in [-0.3, -0.25) is 9.59 Å². The van der Waals surface area contributed by atoms with Crippen molar-refractivity contribution >= 4 is 28.8 Å². The third-order valence-electron chi connectivity index (χ3n) is 5.38. The molecule has 0 N–H and O–H groups in total. The Kier molecular flexibility index (Phi) is 5.24. The number of piperazine rings is 1. The lowest BCUT2D eigenvalue weighted by Crippen LogP contribution is -2.59. The fourth-order valence-electron chi connectivity index (χ4n) is 3.68. The Morgan fingerprint density at radius 1 is 0.966 bits per heavy atom. The molecule has 154 valence electrons. The van der Waals surface area contributed by atoms with Crippen LogP contribution < -0.4 is 4.90 Å². The van der Waals surface area contributed by atoms with Crippen molar-refractivity contribution in [2.24, 2.45) is 5.92 Å².